The number of hydrogen-bond donors (Lipinski definition) is 2. The van der Waals surface area contributed by atoms with Gasteiger partial charge in [-0.3, -0.25) is 9.59 Å². The topological polar surface area (TPSA) is 105 Å². The second-order valence-electron chi connectivity index (χ2n) is 8.04. The Morgan fingerprint density at radius 2 is 1.83 bits per heavy atom. The van der Waals surface area contributed by atoms with E-state index >= 15 is 0 Å². The van der Waals surface area contributed by atoms with Gasteiger partial charge >= 0.3 is 0 Å². The molecular formula is C22H28N4O4. The molecule has 1 aromatic carbocycles. The minimum absolute atomic E-state index is 0.119. The zero-order valence-corrected chi connectivity index (χ0v) is 17.8. The van der Waals surface area contributed by atoms with Crippen molar-refractivity contribution >= 4 is 17.5 Å². The van der Waals surface area contributed by atoms with Crippen molar-refractivity contribution in [2.45, 2.75) is 45.1 Å². The maximum atomic E-state index is 12.6. The first-order chi connectivity index (χ1) is 14.2. The number of methoxy groups -OCH3 is 1. The molecule has 1 aromatic heterocycles. The molecule has 0 bridgehead atoms. The third kappa shape index (κ3) is 4.94. The van der Waals surface area contributed by atoms with E-state index < -0.39 is 5.60 Å². The minimum Gasteiger partial charge on any atom is -0.497 e. The van der Waals surface area contributed by atoms with Gasteiger partial charge in [0.2, 0.25) is 0 Å². The molecule has 1 aliphatic heterocycles. The van der Waals surface area contributed by atoms with E-state index in [1.54, 1.807) is 49.4 Å². The zero-order chi connectivity index (χ0) is 21.9. The Kier molecular flexibility index (Phi) is 6.36. The van der Waals surface area contributed by atoms with E-state index in [9.17, 15) is 14.7 Å². The molecule has 0 unspecified atom stereocenters. The average Bonchev–Trinajstić information content (AvgIpc) is 2.73. The Labute approximate surface area is 176 Å². The number of ether oxygens (including phenoxy) is 1. The van der Waals surface area contributed by atoms with Crippen LogP contribution in [0.5, 0.6) is 5.75 Å². The summed E-state index contributed by atoms with van der Waals surface area (Å²) in [7, 11) is 1.59. The highest BCUT2D eigenvalue weighted by molar-refractivity contribution is 6.04. The van der Waals surface area contributed by atoms with E-state index in [0.717, 1.165) is 12.8 Å². The standard InChI is InChI=1S/C22H28N4O4/c1-14-18(20(27)25-16-5-7-17(30-4)8-6-16)13-23-19(24-14)15-9-11-26(12-10-15)21(28)22(2,3)29/h5-8,13,15,29H,9-12H2,1-4H3,(H,25,27). The second-order valence-corrected chi connectivity index (χ2v) is 8.04. The number of aryl methyl sites for hydroxylation is 1. The van der Waals surface area contributed by atoms with Gasteiger partial charge in [-0.05, 0) is 57.9 Å². The van der Waals surface area contributed by atoms with Crippen LogP contribution < -0.4 is 10.1 Å². The fraction of sp³-hybridized carbons (Fsp3) is 0.455. The average molecular weight is 412 g/mol. The molecule has 0 radical (unpaired) electrons. The number of nitrogens with one attached hydrogen (secondary N) is 1. The SMILES string of the molecule is COc1ccc(NC(=O)c2cnc(C3CCN(C(=O)C(C)(C)O)CC3)nc2C)cc1. The summed E-state index contributed by atoms with van der Waals surface area (Å²) in [4.78, 5) is 35.5. The van der Waals surface area contributed by atoms with Gasteiger partial charge < -0.3 is 20.1 Å². The number of nitrogens with zero attached hydrogens (tertiary/aromatic N) is 3. The molecule has 3 rings (SSSR count). The van der Waals surface area contributed by atoms with Crippen molar-refractivity contribution in [2.75, 3.05) is 25.5 Å². The van der Waals surface area contributed by atoms with E-state index in [2.05, 4.69) is 15.3 Å². The van der Waals surface area contributed by atoms with E-state index in [1.807, 2.05) is 0 Å². The van der Waals surface area contributed by atoms with Crippen molar-refractivity contribution < 1.29 is 19.4 Å². The van der Waals surface area contributed by atoms with Crippen molar-refractivity contribution in [2.24, 2.45) is 0 Å². The number of piperidine rings is 1. The number of carbonyl (C=O) groups excluding carboxylic acids is 2. The van der Waals surface area contributed by atoms with E-state index in [-0.39, 0.29) is 17.7 Å². The normalized spacial score (nSPS) is 15.0. The molecule has 2 N–H and O–H groups in total. The molecule has 0 atom stereocenters. The zero-order valence-electron chi connectivity index (χ0n) is 17.8. The molecule has 8 nitrogen and oxygen atoms in total. The predicted octanol–water partition coefficient (Wildman–Crippen LogP) is 2.52. The molecule has 0 saturated carbocycles. The first-order valence-corrected chi connectivity index (χ1v) is 9.99. The first-order valence-electron chi connectivity index (χ1n) is 9.99. The fourth-order valence-electron chi connectivity index (χ4n) is 3.51. The van der Waals surface area contributed by atoms with Gasteiger partial charge in [0.15, 0.2) is 0 Å². The van der Waals surface area contributed by atoms with Crippen LogP contribution in [0.15, 0.2) is 30.5 Å². The summed E-state index contributed by atoms with van der Waals surface area (Å²) >= 11 is 0. The number of rotatable bonds is 5. The van der Waals surface area contributed by atoms with E-state index in [0.29, 0.717) is 41.6 Å². The number of carbonyl (C=O) groups is 2. The Hall–Kier alpha value is -3.00. The van der Waals surface area contributed by atoms with E-state index in [1.165, 1.54) is 13.8 Å². The summed E-state index contributed by atoms with van der Waals surface area (Å²) in [5.41, 5.74) is 0.331. The number of aliphatic hydroxyl groups is 1. The van der Waals surface area contributed by atoms with Gasteiger partial charge in [0.1, 0.15) is 17.2 Å². The van der Waals surface area contributed by atoms with Crippen molar-refractivity contribution in [3.05, 3.63) is 47.5 Å². The van der Waals surface area contributed by atoms with Gasteiger partial charge in [0, 0.05) is 30.9 Å². The largest absolute Gasteiger partial charge is 0.497 e. The molecule has 2 aromatic rings. The van der Waals surface area contributed by atoms with Crippen LogP contribution in [0.2, 0.25) is 0 Å². The lowest BCUT2D eigenvalue weighted by Gasteiger charge is -2.34. The van der Waals surface area contributed by atoms with Crippen LogP contribution in [0.1, 0.15) is 54.5 Å². The molecule has 0 aliphatic carbocycles. The summed E-state index contributed by atoms with van der Waals surface area (Å²) in [6.45, 7) is 5.90. The predicted molar refractivity (Wildman–Crippen MR) is 113 cm³/mol. The summed E-state index contributed by atoms with van der Waals surface area (Å²) in [6, 6.07) is 7.09. The number of aromatic nitrogens is 2. The summed E-state index contributed by atoms with van der Waals surface area (Å²) in [5.74, 6) is 0.989. The Bertz CT molecular complexity index is 914. The molecule has 1 saturated heterocycles. The Morgan fingerprint density at radius 3 is 2.37 bits per heavy atom. The maximum absolute atomic E-state index is 12.6. The highest BCUT2D eigenvalue weighted by Crippen LogP contribution is 2.27. The van der Waals surface area contributed by atoms with Crippen molar-refractivity contribution in [3.63, 3.8) is 0 Å². The van der Waals surface area contributed by atoms with Gasteiger partial charge in [0.25, 0.3) is 11.8 Å². The highest BCUT2D eigenvalue weighted by Gasteiger charge is 2.33. The number of benzene rings is 1. The summed E-state index contributed by atoms with van der Waals surface area (Å²) < 4.78 is 5.12. The molecule has 2 heterocycles. The van der Waals surface area contributed by atoms with Crippen LogP contribution in [0, 0.1) is 6.92 Å². The number of anilines is 1. The van der Waals surface area contributed by atoms with Gasteiger partial charge in [-0.2, -0.15) is 0 Å². The second kappa shape index (κ2) is 8.79. The van der Waals surface area contributed by atoms with Crippen LogP contribution in [0.4, 0.5) is 5.69 Å². The van der Waals surface area contributed by atoms with Gasteiger partial charge in [-0.25, -0.2) is 9.97 Å². The van der Waals surface area contributed by atoms with Crippen LogP contribution >= 0.6 is 0 Å². The first kappa shape index (κ1) is 21.7. The maximum Gasteiger partial charge on any atom is 0.259 e. The molecule has 160 valence electrons. The van der Waals surface area contributed by atoms with Gasteiger partial charge in [0.05, 0.1) is 18.4 Å². The molecule has 1 aliphatic rings. The molecular weight excluding hydrogens is 384 g/mol. The molecule has 2 amide bonds. The fourth-order valence-corrected chi connectivity index (χ4v) is 3.51. The van der Waals surface area contributed by atoms with Crippen LogP contribution in [0.3, 0.4) is 0 Å². The molecule has 1 fully saturated rings. The Morgan fingerprint density at radius 1 is 1.20 bits per heavy atom. The van der Waals surface area contributed by atoms with Crippen LogP contribution in [-0.2, 0) is 4.79 Å². The third-order valence-electron chi connectivity index (χ3n) is 5.26. The van der Waals surface area contributed by atoms with Gasteiger partial charge in [-0.1, -0.05) is 0 Å². The third-order valence-corrected chi connectivity index (χ3v) is 5.26. The molecule has 0 spiro atoms. The van der Waals surface area contributed by atoms with Crippen LogP contribution in [0.25, 0.3) is 0 Å². The number of hydrogen-bond acceptors (Lipinski definition) is 6. The summed E-state index contributed by atoms with van der Waals surface area (Å²) in [6.07, 6.45) is 3.00. The summed E-state index contributed by atoms with van der Waals surface area (Å²) in [5, 5.41) is 12.8. The van der Waals surface area contributed by atoms with Crippen molar-refractivity contribution in [1.82, 2.24) is 14.9 Å². The lowest BCUT2D eigenvalue weighted by atomic mass is 9.94. The number of amides is 2. The van der Waals surface area contributed by atoms with Crippen molar-refractivity contribution in [3.8, 4) is 5.75 Å². The van der Waals surface area contributed by atoms with E-state index in [4.69, 9.17) is 4.74 Å². The Balaban J connectivity index is 1.64. The van der Waals surface area contributed by atoms with Crippen molar-refractivity contribution in [1.29, 1.82) is 0 Å². The van der Waals surface area contributed by atoms with Crippen LogP contribution in [-0.4, -0.2) is 57.6 Å². The monoisotopic (exact) mass is 412 g/mol. The highest BCUT2D eigenvalue weighted by atomic mass is 16.5. The quantitative estimate of drug-likeness (QED) is 0.782. The molecule has 30 heavy (non-hydrogen) atoms. The number of likely N-dealkylation sites (tertiary alicyclic amines) is 1. The lowest BCUT2D eigenvalue weighted by Crippen LogP contribution is -2.48. The molecule has 8 heteroatoms. The minimum atomic E-state index is -1.36. The van der Waals surface area contributed by atoms with Gasteiger partial charge in [-0.15, -0.1) is 0 Å². The smallest absolute Gasteiger partial charge is 0.259 e. The lowest BCUT2D eigenvalue weighted by molar-refractivity contribution is -0.149.